The second-order valence-corrected chi connectivity index (χ2v) is 3.49. The number of hydrogen-bond acceptors (Lipinski definition) is 5. The summed E-state index contributed by atoms with van der Waals surface area (Å²) in [5.41, 5.74) is -0.239. The topological polar surface area (TPSA) is 74.5 Å². The highest BCUT2D eigenvalue weighted by Crippen LogP contribution is 2.32. The van der Waals surface area contributed by atoms with Gasteiger partial charge in [0.1, 0.15) is 5.75 Å². The van der Waals surface area contributed by atoms with Crippen molar-refractivity contribution in [3.05, 3.63) is 52.5 Å². The lowest BCUT2D eigenvalue weighted by Gasteiger charge is -2.06. The number of pyridine rings is 1. The smallest absolute Gasteiger partial charge is 0.314 e. The van der Waals surface area contributed by atoms with Crippen LogP contribution in [0.1, 0.15) is 0 Å². The summed E-state index contributed by atoms with van der Waals surface area (Å²) in [6.07, 6.45) is 0. The predicted molar refractivity (Wildman–Crippen MR) is 63.9 cm³/mol. The van der Waals surface area contributed by atoms with Crippen molar-refractivity contribution in [2.75, 3.05) is 7.11 Å². The number of nitro groups is 1. The molecule has 2 rings (SSSR count). The van der Waals surface area contributed by atoms with Gasteiger partial charge in [0.15, 0.2) is 5.75 Å². The Bertz CT molecular complexity index is 618. The standard InChI is InChI=1S/C12H9FN2O4/c1-18-10-6-5-8(7-9(10)15(16)17)19-12-4-2-3-11(13)14-12/h2-7H,1H3. The van der Waals surface area contributed by atoms with Gasteiger partial charge in [0.2, 0.25) is 11.8 Å². The monoisotopic (exact) mass is 264 g/mol. The Kier molecular flexibility index (Phi) is 3.56. The number of hydrogen-bond donors (Lipinski definition) is 0. The molecule has 0 unspecified atom stereocenters. The first-order chi connectivity index (χ1) is 9.10. The summed E-state index contributed by atoms with van der Waals surface area (Å²) >= 11 is 0. The molecule has 7 heteroatoms. The molecular formula is C12H9FN2O4. The zero-order valence-electron chi connectivity index (χ0n) is 9.87. The average molecular weight is 264 g/mol. The van der Waals surface area contributed by atoms with E-state index in [0.29, 0.717) is 0 Å². The summed E-state index contributed by atoms with van der Waals surface area (Å²) in [5, 5.41) is 10.8. The van der Waals surface area contributed by atoms with Gasteiger partial charge in [-0.1, -0.05) is 6.07 Å². The number of nitrogens with zero attached hydrogens (tertiary/aromatic N) is 2. The number of rotatable bonds is 4. The highest BCUT2D eigenvalue weighted by atomic mass is 19.1. The quantitative estimate of drug-likeness (QED) is 0.482. The van der Waals surface area contributed by atoms with E-state index in [-0.39, 0.29) is 23.1 Å². The molecule has 0 spiro atoms. The molecule has 1 aromatic heterocycles. The van der Waals surface area contributed by atoms with E-state index < -0.39 is 10.9 Å². The Morgan fingerprint density at radius 2 is 2.11 bits per heavy atom. The molecule has 98 valence electrons. The van der Waals surface area contributed by atoms with Crippen LogP contribution >= 0.6 is 0 Å². The van der Waals surface area contributed by atoms with Crippen LogP contribution in [-0.4, -0.2) is 17.0 Å². The van der Waals surface area contributed by atoms with Crippen LogP contribution in [0.3, 0.4) is 0 Å². The number of methoxy groups -OCH3 is 1. The second-order valence-electron chi connectivity index (χ2n) is 3.49. The van der Waals surface area contributed by atoms with E-state index in [9.17, 15) is 14.5 Å². The van der Waals surface area contributed by atoms with E-state index in [2.05, 4.69) is 4.98 Å². The minimum atomic E-state index is -0.694. The highest BCUT2D eigenvalue weighted by molar-refractivity contribution is 5.51. The van der Waals surface area contributed by atoms with E-state index in [4.69, 9.17) is 9.47 Å². The van der Waals surface area contributed by atoms with Gasteiger partial charge in [0, 0.05) is 6.07 Å². The largest absolute Gasteiger partial charge is 0.490 e. The van der Waals surface area contributed by atoms with Crippen molar-refractivity contribution in [2.24, 2.45) is 0 Å². The van der Waals surface area contributed by atoms with Gasteiger partial charge < -0.3 is 9.47 Å². The van der Waals surface area contributed by atoms with Gasteiger partial charge in [0.25, 0.3) is 0 Å². The fraction of sp³-hybridized carbons (Fsp3) is 0.0833. The lowest BCUT2D eigenvalue weighted by molar-refractivity contribution is -0.385. The molecular weight excluding hydrogens is 255 g/mol. The molecule has 2 aromatic rings. The van der Waals surface area contributed by atoms with Gasteiger partial charge in [-0.3, -0.25) is 10.1 Å². The van der Waals surface area contributed by atoms with Crippen molar-refractivity contribution in [3.8, 4) is 17.4 Å². The highest BCUT2D eigenvalue weighted by Gasteiger charge is 2.16. The molecule has 0 aliphatic heterocycles. The Morgan fingerprint density at radius 3 is 2.74 bits per heavy atom. The molecule has 0 aliphatic carbocycles. The molecule has 0 atom stereocenters. The minimum Gasteiger partial charge on any atom is -0.490 e. The van der Waals surface area contributed by atoms with Crippen molar-refractivity contribution >= 4 is 5.69 Å². The predicted octanol–water partition coefficient (Wildman–Crippen LogP) is 2.93. The third kappa shape index (κ3) is 2.95. The summed E-state index contributed by atoms with van der Waals surface area (Å²) in [5.74, 6) is -0.393. The van der Waals surface area contributed by atoms with Crippen LogP contribution in [0.5, 0.6) is 17.4 Å². The first-order valence-corrected chi connectivity index (χ1v) is 5.23. The molecule has 0 fully saturated rings. The molecule has 0 bridgehead atoms. The van der Waals surface area contributed by atoms with Gasteiger partial charge in [-0.2, -0.15) is 9.37 Å². The Labute approximate surface area is 107 Å². The first-order valence-electron chi connectivity index (χ1n) is 5.23. The maximum atomic E-state index is 12.9. The molecule has 1 aromatic carbocycles. The third-order valence-corrected chi connectivity index (χ3v) is 2.26. The molecule has 1 heterocycles. The van der Waals surface area contributed by atoms with Crippen molar-refractivity contribution in [1.29, 1.82) is 0 Å². The van der Waals surface area contributed by atoms with Gasteiger partial charge in [-0.05, 0) is 18.2 Å². The summed E-state index contributed by atoms with van der Waals surface area (Å²) in [7, 11) is 1.33. The summed E-state index contributed by atoms with van der Waals surface area (Å²) < 4.78 is 23.0. The van der Waals surface area contributed by atoms with Crippen molar-refractivity contribution in [2.45, 2.75) is 0 Å². The van der Waals surface area contributed by atoms with Gasteiger partial charge in [-0.25, -0.2) is 0 Å². The minimum absolute atomic E-state index is 0.0134. The zero-order chi connectivity index (χ0) is 13.8. The van der Waals surface area contributed by atoms with E-state index in [1.807, 2.05) is 0 Å². The number of benzene rings is 1. The molecule has 0 amide bonds. The lowest BCUT2D eigenvalue weighted by Crippen LogP contribution is -1.95. The molecule has 0 radical (unpaired) electrons. The van der Waals surface area contributed by atoms with Crippen LogP contribution in [0.4, 0.5) is 10.1 Å². The Hall–Kier alpha value is -2.70. The van der Waals surface area contributed by atoms with Crippen LogP contribution in [0, 0.1) is 16.1 Å². The third-order valence-electron chi connectivity index (χ3n) is 2.26. The molecule has 0 aliphatic rings. The Balaban J connectivity index is 2.31. The molecule has 19 heavy (non-hydrogen) atoms. The van der Waals surface area contributed by atoms with Crippen LogP contribution < -0.4 is 9.47 Å². The van der Waals surface area contributed by atoms with Gasteiger partial charge >= 0.3 is 5.69 Å². The van der Waals surface area contributed by atoms with Crippen LogP contribution in [0.25, 0.3) is 0 Å². The van der Waals surface area contributed by atoms with Crippen molar-refractivity contribution < 1.29 is 18.8 Å². The lowest BCUT2D eigenvalue weighted by atomic mass is 10.3. The van der Waals surface area contributed by atoms with Crippen LogP contribution in [-0.2, 0) is 0 Å². The average Bonchev–Trinajstić information content (AvgIpc) is 2.38. The number of ether oxygens (including phenoxy) is 2. The van der Waals surface area contributed by atoms with E-state index >= 15 is 0 Å². The maximum Gasteiger partial charge on any atom is 0.314 e. The van der Waals surface area contributed by atoms with Gasteiger partial charge in [-0.15, -0.1) is 0 Å². The summed E-state index contributed by atoms with van der Waals surface area (Å²) in [4.78, 5) is 13.7. The fourth-order valence-corrected chi connectivity index (χ4v) is 1.44. The maximum absolute atomic E-state index is 12.9. The normalized spacial score (nSPS) is 10.0. The van der Waals surface area contributed by atoms with Gasteiger partial charge in [0.05, 0.1) is 18.1 Å². The van der Waals surface area contributed by atoms with Crippen molar-refractivity contribution in [3.63, 3.8) is 0 Å². The summed E-state index contributed by atoms with van der Waals surface area (Å²) in [6.45, 7) is 0. The number of halogens is 1. The SMILES string of the molecule is COc1ccc(Oc2cccc(F)n2)cc1[N+](=O)[O-]. The summed E-state index contributed by atoms with van der Waals surface area (Å²) in [6, 6.07) is 8.09. The van der Waals surface area contributed by atoms with E-state index in [1.165, 1.54) is 43.5 Å². The number of nitro benzene ring substituents is 1. The zero-order valence-corrected chi connectivity index (χ0v) is 9.87. The molecule has 6 nitrogen and oxygen atoms in total. The van der Waals surface area contributed by atoms with Crippen LogP contribution in [0.15, 0.2) is 36.4 Å². The van der Waals surface area contributed by atoms with Crippen molar-refractivity contribution in [1.82, 2.24) is 4.98 Å². The molecule has 0 saturated heterocycles. The number of aromatic nitrogens is 1. The Morgan fingerprint density at radius 1 is 1.32 bits per heavy atom. The second kappa shape index (κ2) is 5.30. The van der Waals surface area contributed by atoms with E-state index in [0.717, 1.165) is 0 Å². The fourth-order valence-electron chi connectivity index (χ4n) is 1.44. The molecule has 0 N–H and O–H groups in total. The van der Waals surface area contributed by atoms with E-state index in [1.54, 1.807) is 0 Å². The van der Waals surface area contributed by atoms with Crippen LogP contribution in [0.2, 0.25) is 0 Å². The molecule has 0 saturated carbocycles. The first kappa shape index (κ1) is 12.7.